The van der Waals surface area contributed by atoms with Gasteiger partial charge in [0.05, 0.1) is 4.92 Å². The fourth-order valence-corrected chi connectivity index (χ4v) is 3.39. The van der Waals surface area contributed by atoms with Crippen LogP contribution in [0.4, 0.5) is 5.69 Å². The van der Waals surface area contributed by atoms with Crippen molar-refractivity contribution in [2.24, 2.45) is 0 Å². The molecule has 4 aromatic rings. The molecule has 1 atom stereocenters. The molecule has 5 heteroatoms. The molecule has 1 heterocycles. The van der Waals surface area contributed by atoms with Crippen molar-refractivity contribution >= 4 is 27.4 Å². The zero-order valence-corrected chi connectivity index (χ0v) is 14.4. The van der Waals surface area contributed by atoms with Gasteiger partial charge in [-0.25, -0.2) is 0 Å². The predicted molar refractivity (Wildman–Crippen MR) is 104 cm³/mol. The minimum Gasteiger partial charge on any atom is -0.357 e. The van der Waals surface area contributed by atoms with Crippen molar-refractivity contribution in [3.8, 4) is 0 Å². The van der Waals surface area contributed by atoms with Gasteiger partial charge in [0.2, 0.25) is 0 Å². The number of fused-ring (bicyclic) bond motifs is 2. The normalized spacial score (nSPS) is 12.5. The number of nitrogens with one attached hydrogen (secondary N) is 2. The number of nitrogens with zero attached hydrogens (tertiary/aromatic N) is 1. The van der Waals surface area contributed by atoms with Gasteiger partial charge < -0.3 is 10.3 Å². The summed E-state index contributed by atoms with van der Waals surface area (Å²) in [6, 6.07) is 21.7. The molecule has 2 N–H and O–H groups in total. The summed E-state index contributed by atoms with van der Waals surface area (Å²) in [5.41, 5.74) is 3.28. The van der Waals surface area contributed by atoms with Crippen LogP contribution in [0.3, 0.4) is 0 Å². The molecule has 0 radical (unpaired) electrons. The van der Waals surface area contributed by atoms with E-state index in [0.29, 0.717) is 6.54 Å². The number of hydrogen-bond acceptors (Lipinski definition) is 3. The number of H-pyrrole nitrogens is 1. The second-order valence-corrected chi connectivity index (χ2v) is 6.49. The van der Waals surface area contributed by atoms with Gasteiger partial charge in [0, 0.05) is 41.3 Å². The molecular weight excluding hydrogens is 326 g/mol. The van der Waals surface area contributed by atoms with Gasteiger partial charge in [0.15, 0.2) is 0 Å². The molecule has 0 unspecified atom stereocenters. The number of nitro groups is 1. The highest BCUT2D eigenvalue weighted by Crippen LogP contribution is 2.25. The van der Waals surface area contributed by atoms with Crippen LogP contribution in [-0.2, 0) is 6.54 Å². The van der Waals surface area contributed by atoms with Crippen LogP contribution in [0.25, 0.3) is 21.7 Å². The number of aromatic amines is 1. The molecule has 26 heavy (non-hydrogen) atoms. The second-order valence-electron chi connectivity index (χ2n) is 6.49. The van der Waals surface area contributed by atoms with Crippen molar-refractivity contribution in [1.82, 2.24) is 10.3 Å². The van der Waals surface area contributed by atoms with E-state index < -0.39 is 0 Å². The maximum atomic E-state index is 10.9. The largest absolute Gasteiger partial charge is 0.357 e. The standard InChI is InChI=1S/C21H19N3O2/c1-14(19-8-4-6-15-5-2-3-7-20(15)19)22-13-17-11-16-12-18(24(25)26)9-10-21(16)23-17/h2-12,14,22-23H,13H2,1H3/t14-/m1/s1. The quantitative estimate of drug-likeness (QED) is 0.391. The Hall–Kier alpha value is -3.18. The van der Waals surface area contributed by atoms with Crippen LogP contribution >= 0.6 is 0 Å². The van der Waals surface area contributed by atoms with Crippen LogP contribution in [0.5, 0.6) is 0 Å². The van der Waals surface area contributed by atoms with Gasteiger partial charge in [0.1, 0.15) is 0 Å². The fraction of sp³-hybridized carbons (Fsp3) is 0.143. The summed E-state index contributed by atoms with van der Waals surface area (Å²) in [5.74, 6) is 0. The van der Waals surface area contributed by atoms with E-state index in [1.165, 1.54) is 22.4 Å². The number of rotatable bonds is 5. The molecule has 3 aromatic carbocycles. The summed E-state index contributed by atoms with van der Waals surface area (Å²) in [5, 5.41) is 17.8. The van der Waals surface area contributed by atoms with Crippen LogP contribution in [-0.4, -0.2) is 9.91 Å². The number of benzene rings is 3. The first-order valence-corrected chi connectivity index (χ1v) is 8.59. The Morgan fingerprint density at radius 1 is 1.04 bits per heavy atom. The van der Waals surface area contributed by atoms with Crippen molar-refractivity contribution in [3.05, 3.63) is 88.1 Å². The molecule has 0 fully saturated rings. The average Bonchev–Trinajstić information content (AvgIpc) is 3.07. The first kappa shape index (κ1) is 16.3. The lowest BCUT2D eigenvalue weighted by Crippen LogP contribution is -2.18. The summed E-state index contributed by atoms with van der Waals surface area (Å²) in [4.78, 5) is 13.9. The van der Waals surface area contributed by atoms with E-state index in [-0.39, 0.29) is 16.7 Å². The third-order valence-electron chi connectivity index (χ3n) is 4.76. The molecule has 0 aliphatic rings. The van der Waals surface area contributed by atoms with E-state index in [0.717, 1.165) is 16.6 Å². The molecule has 130 valence electrons. The van der Waals surface area contributed by atoms with E-state index in [1.54, 1.807) is 12.1 Å². The summed E-state index contributed by atoms with van der Waals surface area (Å²) < 4.78 is 0. The third-order valence-corrected chi connectivity index (χ3v) is 4.76. The van der Waals surface area contributed by atoms with Gasteiger partial charge in [-0.15, -0.1) is 0 Å². The Balaban J connectivity index is 1.54. The van der Waals surface area contributed by atoms with Gasteiger partial charge in [-0.2, -0.15) is 0 Å². The molecule has 0 aliphatic heterocycles. The lowest BCUT2D eigenvalue weighted by molar-refractivity contribution is -0.384. The maximum Gasteiger partial charge on any atom is 0.270 e. The number of hydrogen-bond donors (Lipinski definition) is 2. The van der Waals surface area contributed by atoms with Crippen molar-refractivity contribution in [2.75, 3.05) is 0 Å². The molecule has 0 bridgehead atoms. The van der Waals surface area contributed by atoms with E-state index in [9.17, 15) is 10.1 Å². The highest BCUT2D eigenvalue weighted by Gasteiger charge is 2.11. The molecule has 5 nitrogen and oxygen atoms in total. The number of aromatic nitrogens is 1. The first-order chi connectivity index (χ1) is 12.6. The summed E-state index contributed by atoms with van der Waals surface area (Å²) in [7, 11) is 0. The van der Waals surface area contributed by atoms with Gasteiger partial charge in [-0.3, -0.25) is 10.1 Å². The average molecular weight is 345 g/mol. The summed E-state index contributed by atoms with van der Waals surface area (Å²) in [6.07, 6.45) is 0. The van der Waals surface area contributed by atoms with E-state index in [2.05, 4.69) is 53.6 Å². The van der Waals surface area contributed by atoms with Crippen molar-refractivity contribution in [3.63, 3.8) is 0 Å². The van der Waals surface area contributed by atoms with Gasteiger partial charge >= 0.3 is 0 Å². The Labute approximate surface area is 150 Å². The molecule has 0 saturated heterocycles. The zero-order chi connectivity index (χ0) is 18.1. The minimum atomic E-state index is -0.368. The highest BCUT2D eigenvalue weighted by molar-refractivity contribution is 5.86. The maximum absolute atomic E-state index is 10.9. The van der Waals surface area contributed by atoms with Crippen LogP contribution in [0.2, 0.25) is 0 Å². The number of non-ortho nitro benzene ring substituents is 1. The Bertz CT molecular complexity index is 1100. The number of nitro benzene ring substituents is 1. The van der Waals surface area contributed by atoms with Gasteiger partial charge in [-0.05, 0) is 35.4 Å². The lowest BCUT2D eigenvalue weighted by Gasteiger charge is -2.16. The lowest BCUT2D eigenvalue weighted by atomic mass is 10.00. The molecule has 0 spiro atoms. The monoisotopic (exact) mass is 345 g/mol. The van der Waals surface area contributed by atoms with Crippen molar-refractivity contribution in [1.29, 1.82) is 0 Å². The zero-order valence-electron chi connectivity index (χ0n) is 14.4. The minimum absolute atomic E-state index is 0.111. The molecule has 0 saturated carbocycles. The molecule has 4 rings (SSSR count). The predicted octanol–water partition coefficient (Wildman–Crippen LogP) is 5.08. The van der Waals surface area contributed by atoms with Crippen LogP contribution in [0, 0.1) is 10.1 Å². The Morgan fingerprint density at radius 2 is 1.85 bits per heavy atom. The fourth-order valence-electron chi connectivity index (χ4n) is 3.39. The Kier molecular flexibility index (Phi) is 4.14. The summed E-state index contributed by atoms with van der Waals surface area (Å²) >= 11 is 0. The van der Waals surface area contributed by atoms with Crippen LogP contribution in [0.15, 0.2) is 66.7 Å². The SMILES string of the molecule is C[C@@H](NCc1cc2cc([N+](=O)[O-])ccc2[nH]1)c1cccc2ccccc12. The van der Waals surface area contributed by atoms with Crippen LogP contribution < -0.4 is 5.32 Å². The van der Waals surface area contributed by atoms with E-state index in [4.69, 9.17) is 0 Å². The van der Waals surface area contributed by atoms with Gasteiger partial charge in [0.25, 0.3) is 5.69 Å². The Morgan fingerprint density at radius 3 is 2.69 bits per heavy atom. The summed E-state index contributed by atoms with van der Waals surface area (Å²) in [6.45, 7) is 2.81. The molecule has 0 aliphatic carbocycles. The smallest absolute Gasteiger partial charge is 0.270 e. The first-order valence-electron chi connectivity index (χ1n) is 8.59. The van der Waals surface area contributed by atoms with E-state index >= 15 is 0 Å². The van der Waals surface area contributed by atoms with Crippen molar-refractivity contribution in [2.45, 2.75) is 19.5 Å². The molecular formula is C21H19N3O2. The molecule has 0 amide bonds. The topological polar surface area (TPSA) is 71.0 Å². The second kappa shape index (κ2) is 6.61. The third kappa shape index (κ3) is 3.05. The highest BCUT2D eigenvalue weighted by atomic mass is 16.6. The molecule has 1 aromatic heterocycles. The van der Waals surface area contributed by atoms with Gasteiger partial charge in [-0.1, -0.05) is 42.5 Å². The van der Waals surface area contributed by atoms with Crippen LogP contribution in [0.1, 0.15) is 24.2 Å². The van der Waals surface area contributed by atoms with E-state index in [1.807, 2.05) is 12.1 Å². The van der Waals surface area contributed by atoms with Crippen molar-refractivity contribution < 1.29 is 4.92 Å².